The molecule has 0 atom stereocenters. The maximum absolute atomic E-state index is 11.3. The second-order valence-corrected chi connectivity index (χ2v) is 3.05. The van der Waals surface area contributed by atoms with Crippen LogP contribution in [0, 0.1) is 11.8 Å². The van der Waals surface area contributed by atoms with Gasteiger partial charge in [-0.2, -0.15) is 5.10 Å². The van der Waals surface area contributed by atoms with Crippen molar-refractivity contribution in [1.29, 1.82) is 0 Å². The first-order valence-corrected chi connectivity index (χ1v) is 4.66. The van der Waals surface area contributed by atoms with E-state index in [1.807, 2.05) is 0 Å². The van der Waals surface area contributed by atoms with Gasteiger partial charge in [-0.25, -0.2) is 9.80 Å². The van der Waals surface area contributed by atoms with Crippen molar-refractivity contribution >= 4 is 17.6 Å². The monoisotopic (exact) mass is 208 g/mol. The van der Waals surface area contributed by atoms with Crippen LogP contribution in [0.2, 0.25) is 0 Å². The third-order valence-corrected chi connectivity index (χ3v) is 1.98. The molecule has 0 aromatic carbocycles. The number of hydrogen-bond donors (Lipinski definition) is 1. The second kappa shape index (κ2) is 5.15. The van der Waals surface area contributed by atoms with Crippen molar-refractivity contribution in [3.63, 3.8) is 0 Å². The fraction of sp³-hybridized carbons (Fsp3) is 0.500. The van der Waals surface area contributed by atoms with Gasteiger partial charge in [0, 0.05) is 19.3 Å². The molecule has 0 saturated carbocycles. The molecule has 1 aliphatic rings. The van der Waals surface area contributed by atoms with Crippen LogP contribution in [0.1, 0.15) is 26.2 Å². The SMILES string of the molecule is CC#CCCN1N=C(C(=O)O)CCC1=O. The van der Waals surface area contributed by atoms with Crippen molar-refractivity contribution in [2.45, 2.75) is 26.2 Å². The molecule has 1 aliphatic heterocycles. The summed E-state index contributed by atoms with van der Waals surface area (Å²) < 4.78 is 0. The van der Waals surface area contributed by atoms with Crippen molar-refractivity contribution in [1.82, 2.24) is 5.01 Å². The zero-order chi connectivity index (χ0) is 11.3. The van der Waals surface area contributed by atoms with Crippen LogP contribution in [0.3, 0.4) is 0 Å². The van der Waals surface area contributed by atoms with Gasteiger partial charge in [-0.05, 0) is 6.92 Å². The van der Waals surface area contributed by atoms with E-state index in [0.717, 1.165) is 0 Å². The van der Waals surface area contributed by atoms with E-state index in [4.69, 9.17) is 5.11 Å². The number of hydrogen-bond acceptors (Lipinski definition) is 3. The molecule has 80 valence electrons. The summed E-state index contributed by atoms with van der Waals surface area (Å²) in [6.45, 7) is 2.07. The molecule has 1 amide bonds. The Morgan fingerprint density at radius 3 is 2.93 bits per heavy atom. The van der Waals surface area contributed by atoms with Gasteiger partial charge in [0.25, 0.3) is 0 Å². The van der Waals surface area contributed by atoms with Crippen molar-refractivity contribution in [2.24, 2.45) is 5.10 Å². The standard InChI is InChI=1S/C10H12N2O3/c1-2-3-4-7-12-9(13)6-5-8(11-12)10(14)15/h4-7H2,1H3,(H,14,15). The maximum atomic E-state index is 11.3. The highest BCUT2D eigenvalue weighted by Crippen LogP contribution is 2.09. The van der Waals surface area contributed by atoms with Gasteiger partial charge in [-0.1, -0.05) is 0 Å². The molecule has 1 rings (SSSR count). The summed E-state index contributed by atoms with van der Waals surface area (Å²) in [7, 11) is 0. The van der Waals surface area contributed by atoms with Gasteiger partial charge < -0.3 is 5.11 Å². The van der Waals surface area contributed by atoms with Crippen LogP contribution < -0.4 is 0 Å². The number of carboxylic acids is 1. The number of amides is 1. The molecule has 1 heterocycles. The first-order valence-electron chi connectivity index (χ1n) is 4.66. The van der Waals surface area contributed by atoms with Crippen molar-refractivity contribution in [2.75, 3.05) is 6.54 Å². The topological polar surface area (TPSA) is 70.0 Å². The summed E-state index contributed by atoms with van der Waals surface area (Å²) in [5, 5.41) is 13.7. The van der Waals surface area contributed by atoms with Gasteiger partial charge >= 0.3 is 5.97 Å². The Labute approximate surface area is 87.8 Å². The minimum Gasteiger partial charge on any atom is -0.477 e. The average molecular weight is 208 g/mol. The average Bonchev–Trinajstić information content (AvgIpc) is 2.20. The number of aliphatic carboxylic acids is 1. The zero-order valence-corrected chi connectivity index (χ0v) is 8.49. The molecule has 0 aromatic heterocycles. The Morgan fingerprint density at radius 1 is 1.60 bits per heavy atom. The first-order chi connectivity index (χ1) is 7.15. The number of nitrogens with zero attached hydrogens (tertiary/aromatic N) is 2. The van der Waals surface area contributed by atoms with Gasteiger partial charge in [0.05, 0.1) is 6.54 Å². The highest BCUT2D eigenvalue weighted by molar-refractivity contribution is 6.36. The van der Waals surface area contributed by atoms with Crippen molar-refractivity contribution in [3.8, 4) is 11.8 Å². The summed E-state index contributed by atoms with van der Waals surface area (Å²) in [5.41, 5.74) is 0.0408. The molecular weight excluding hydrogens is 196 g/mol. The molecular formula is C10H12N2O3. The quantitative estimate of drug-likeness (QED) is 0.685. The lowest BCUT2D eigenvalue weighted by molar-refractivity contribution is -0.132. The predicted molar refractivity (Wildman–Crippen MR) is 54.1 cm³/mol. The van der Waals surface area contributed by atoms with Gasteiger partial charge in [0.1, 0.15) is 5.71 Å². The molecule has 0 radical (unpaired) electrons. The molecule has 5 heteroatoms. The van der Waals surface area contributed by atoms with E-state index >= 15 is 0 Å². The third-order valence-electron chi connectivity index (χ3n) is 1.98. The molecule has 15 heavy (non-hydrogen) atoms. The Morgan fingerprint density at radius 2 is 2.33 bits per heavy atom. The molecule has 5 nitrogen and oxygen atoms in total. The maximum Gasteiger partial charge on any atom is 0.352 e. The third kappa shape index (κ3) is 3.09. The van der Waals surface area contributed by atoms with Crippen LogP contribution in [0.25, 0.3) is 0 Å². The summed E-state index contributed by atoms with van der Waals surface area (Å²) in [4.78, 5) is 22.0. The first kappa shape index (κ1) is 11.2. The fourth-order valence-electron chi connectivity index (χ4n) is 1.22. The van der Waals surface area contributed by atoms with Crippen LogP contribution in [0.5, 0.6) is 0 Å². The Balaban J connectivity index is 2.66. The molecule has 0 unspecified atom stereocenters. The number of carboxylic acid groups (broad SMARTS) is 1. The minimum absolute atomic E-state index is 0.0408. The number of rotatable bonds is 3. The van der Waals surface area contributed by atoms with Crippen molar-refractivity contribution in [3.05, 3.63) is 0 Å². The lowest BCUT2D eigenvalue weighted by atomic mass is 10.1. The zero-order valence-electron chi connectivity index (χ0n) is 8.49. The minimum atomic E-state index is -1.06. The van der Waals surface area contributed by atoms with Crippen molar-refractivity contribution < 1.29 is 14.7 Å². The number of hydrazone groups is 1. The van der Waals surface area contributed by atoms with E-state index in [1.54, 1.807) is 6.92 Å². The Hall–Kier alpha value is -1.83. The number of carbonyl (C=O) groups excluding carboxylic acids is 1. The molecule has 0 aliphatic carbocycles. The molecule has 0 bridgehead atoms. The van der Waals surface area contributed by atoms with E-state index < -0.39 is 5.97 Å². The Kier molecular flexibility index (Phi) is 3.86. The van der Waals surface area contributed by atoms with Crippen LogP contribution in [-0.2, 0) is 9.59 Å². The van der Waals surface area contributed by atoms with Gasteiger partial charge in [0.15, 0.2) is 0 Å². The normalized spacial score (nSPS) is 15.4. The summed E-state index contributed by atoms with van der Waals surface area (Å²) in [6, 6.07) is 0. The fourth-order valence-corrected chi connectivity index (χ4v) is 1.22. The lowest BCUT2D eigenvalue weighted by Gasteiger charge is -2.20. The molecule has 0 fully saturated rings. The summed E-state index contributed by atoms with van der Waals surface area (Å²) in [6.07, 6.45) is 0.938. The second-order valence-electron chi connectivity index (χ2n) is 3.05. The van der Waals surface area contributed by atoms with Crippen LogP contribution in [0.4, 0.5) is 0 Å². The molecule has 0 aromatic rings. The smallest absolute Gasteiger partial charge is 0.352 e. The van der Waals surface area contributed by atoms with E-state index in [9.17, 15) is 9.59 Å². The Bertz CT molecular complexity index is 363. The van der Waals surface area contributed by atoms with Crippen LogP contribution >= 0.6 is 0 Å². The van der Waals surface area contributed by atoms with E-state index in [0.29, 0.717) is 13.0 Å². The van der Waals surface area contributed by atoms with Crippen LogP contribution in [0.15, 0.2) is 5.10 Å². The highest BCUT2D eigenvalue weighted by Gasteiger charge is 2.23. The van der Waals surface area contributed by atoms with E-state index in [-0.39, 0.29) is 24.5 Å². The summed E-state index contributed by atoms with van der Waals surface area (Å²) in [5.74, 6) is 4.30. The van der Waals surface area contributed by atoms with E-state index in [2.05, 4.69) is 16.9 Å². The van der Waals surface area contributed by atoms with Gasteiger partial charge in [-0.3, -0.25) is 4.79 Å². The molecule has 1 N–H and O–H groups in total. The number of carbonyl (C=O) groups is 2. The highest BCUT2D eigenvalue weighted by atomic mass is 16.4. The summed E-state index contributed by atoms with van der Waals surface area (Å²) >= 11 is 0. The lowest BCUT2D eigenvalue weighted by Crippen LogP contribution is -2.34. The van der Waals surface area contributed by atoms with Gasteiger partial charge in [0.2, 0.25) is 5.91 Å². The largest absolute Gasteiger partial charge is 0.477 e. The van der Waals surface area contributed by atoms with Gasteiger partial charge in [-0.15, -0.1) is 11.8 Å². The molecule has 0 spiro atoms. The molecule has 0 saturated heterocycles. The predicted octanol–water partition coefficient (Wildman–Crippen LogP) is 0.463. The van der Waals surface area contributed by atoms with E-state index in [1.165, 1.54) is 5.01 Å². The van der Waals surface area contributed by atoms with Crippen LogP contribution in [-0.4, -0.2) is 34.2 Å².